The van der Waals surface area contributed by atoms with Crippen molar-refractivity contribution in [3.05, 3.63) is 35.9 Å². The summed E-state index contributed by atoms with van der Waals surface area (Å²) in [5.74, 6) is -0.753. The van der Waals surface area contributed by atoms with Gasteiger partial charge in [-0.05, 0) is 24.3 Å². The van der Waals surface area contributed by atoms with Gasteiger partial charge in [-0.15, -0.1) is 0 Å². The minimum Gasteiger partial charge on any atom is -0.481 e. The van der Waals surface area contributed by atoms with E-state index in [1.165, 1.54) is 0 Å². The van der Waals surface area contributed by atoms with E-state index in [0.29, 0.717) is 5.92 Å². The third-order valence-electron chi connectivity index (χ3n) is 3.56. The topological polar surface area (TPSA) is 92.4 Å². The molecule has 0 heterocycles. The number of carbonyl (C=O) groups excluding carboxylic acids is 1. The SMILES string of the molecule is NC(CC(=O)NC(CC(=O)O)C1CC1)c1ccccc1. The van der Waals surface area contributed by atoms with Crippen molar-refractivity contribution < 1.29 is 14.7 Å². The molecule has 1 aromatic carbocycles. The summed E-state index contributed by atoms with van der Waals surface area (Å²) >= 11 is 0. The highest BCUT2D eigenvalue weighted by Crippen LogP contribution is 2.34. The Hall–Kier alpha value is -1.88. The summed E-state index contributed by atoms with van der Waals surface area (Å²) < 4.78 is 0. The van der Waals surface area contributed by atoms with Crippen LogP contribution in [0.1, 0.15) is 37.3 Å². The van der Waals surface area contributed by atoms with Gasteiger partial charge in [-0.25, -0.2) is 0 Å². The standard InChI is InChI=1S/C15H20N2O3/c16-12(10-4-2-1-3-5-10)8-14(18)17-13(9-15(19)20)11-6-7-11/h1-5,11-13H,6-9,16H2,(H,17,18)(H,19,20). The molecule has 2 rings (SSSR count). The molecule has 2 atom stereocenters. The normalized spacial score (nSPS) is 17.2. The molecule has 20 heavy (non-hydrogen) atoms. The fourth-order valence-corrected chi connectivity index (χ4v) is 2.31. The number of rotatable bonds is 7. The van der Waals surface area contributed by atoms with Crippen molar-refractivity contribution in [2.75, 3.05) is 0 Å². The maximum Gasteiger partial charge on any atom is 0.305 e. The van der Waals surface area contributed by atoms with Crippen LogP contribution in [0.25, 0.3) is 0 Å². The Bertz CT molecular complexity index is 471. The van der Waals surface area contributed by atoms with Gasteiger partial charge in [0.25, 0.3) is 0 Å². The van der Waals surface area contributed by atoms with Gasteiger partial charge in [-0.1, -0.05) is 30.3 Å². The number of nitrogens with two attached hydrogens (primary N) is 1. The van der Waals surface area contributed by atoms with Crippen molar-refractivity contribution in [3.8, 4) is 0 Å². The molecule has 1 amide bonds. The molecule has 1 fully saturated rings. The Morgan fingerprint density at radius 3 is 2.45 bits per heavy atom. The van der Waals surface area contributed by atoms with Gasteiger partial charge in [0.05, 0.1) is 6.42 Å². The van der Waals surface area contributed by atoms with Crippen LogP contribution in [0.15, 0.2) is 30.3 Å². The molecule has 108 valence electrons. The highest BCUT2D eigenvalue weighted by Gasteiger charge is 2.33. The number of nitrogens with one attached hydrogen (secondary N) is 1. The van der Waals surface area contributed by atoms with E-state index >= 15 is 0 Å². The Balaban J connectivity index is 1.86. The minimum atomic E-state index is -0.880. The van der Waals surface area contributed by atoms with E-state index in [4.69, 9.17) is 10.8 Å². The second-order valence-electron chi connectivity index (χ2n) is 5.33. The first-order valence-corrected chi connectivity index (χ1v) is 6.88. The summed E-state index contributed by atoms with van der Waals surface area (Å²) in [5.41, 5.74) is 6.89. The van der Waals surface area contributed by atoms with E-state index in [1.54, 1.807) is 0 Å². The highest BCUT2D eigenvalue weighted by atomic mass is 16.4. The van der Waals surface area contributed by atoms with Crippen LogP contribution in [-0.4, -0.2) is 23.0 Å². The first kappa shape index (κ1) is 14.5. The summed E-state index contributed by atoms with van der Waals surface area (Å²) in [7, 11) is 0. The minimum absolute atomic E-state index is 0.0169. The van der Waals surface area contributed by atoms with E-state index in [0.717, 1.165) is 18.4 Å². The molecule has 1 aliphatic rings. The monoisotopic (exact) mass is 276 g/mol. The van der Waals surface area contributed by atoms with Gasteiger partial charge in [0.2, 0.25) is 5.91 Å². The lowest BCUT2D eigenvalue weighted by atomic mass is 10.0. The average Bonchev–Trinajstić information content (AvgIpc) is 3.22. The van der Waals surface area contributed by atoms with E-state index in [9.17, 15) is 9.59 Å². The van der Waals surface area contributed by atoms with Crippen molar-refractivity contribution in [1.29, 1.82) is 0 Å². The van der Waals surface area contributed by atoms with Crippen LogP contribution in [0.3, 0.4) is 0 Å². The van der Waals surface area contributed by atoms with Crippen molar-refractivity contribution in [1.82, 2.24) is 5.32 Å². The van der Waals surface area contributed by atoms with E-state index in [1.807, 2.05) is 30.3 Å². The molecule has 0 radical (unpaired) electrons. The number of benzene rings is 1. The second-order valence-corrected chi connectivity index (χ2v) is 5.33. The van der Waals surface area contributed by atoms with E-state index in [2.05, 4.69) is 5.32 Å². The lowest BCUT2D eigenvalue weighted by Crippen LogP contribution is -2.39. The first-order valence-electron chi connectivity index (χ1n) is 6.88. The molecule has 0 aliphatic heterocycles. The van der Waals surface area contributed by atoms with Gasteiger partial charge in [0, 0.05) is 18.5 Å². The molecule has 1 saturated carbocycles. The third kappa shape index (κ3) is 4.35. The van der Waals surface area contributed by atoms with Gasteiger partial charge in [-0.3, -0.25) is 9.59 Å². The number of aliphatic carboxylic acids is 1. The van der Waals surface area contributed by atoms with E-state index < -0.39 is 5.97 Å². The maximum absolute atomic E-state index is 12.0. The summed E-state index contributed by atoms with van der Waals surface area (Å²) in [6.07, 6.45) is 2.13. The zero-order valence-electron chi connectivity index (χ0n) is 11.3. The first-order chi connectivity index (χ1) is 9.56. The molecule has 5 heteroatoms. The molecule has 0 bridgehead atoms. The zero-order valence-corrected chi connectivity index (χ0v) is 11.3. The predicted molar refractivity (Wildman–Crippen MR) is 74.9 cm³/mol. The van der Waals surface area contributed by atoms with Crippen LogP contribution >= 0.6 is 0 Å². The largest absolute Gasteiger partial charge is 0.481 e. The van der Waals surface area contributed by atoms with Gasteiger partial charge in [0.1, 0.15) is 0 Å². The zero-order chi connectivity index (χ0) is 14.5. The molecule has 2 unspecified atom stereocenters. The van der Waals surface area contributed by atoms with Gasteiger partial charge < -0.3 is 16.2 Å². The molecule has 1 aromatic rings. The number of amides is 1. The van der Waals surface area contributed by atoms with Crippen LogP contribution in [-0.2, 0) is 9.59 Å². The number of hydrogen-bond acceptors (Lipinski definition) is 3. The lowest BCUT2D eigenvalue weighted by Gasteiger charge is -2.18. The van der Waals surface area contributed by atoms with Crippen LogP contribution in [0.4, 0.5) is 0 Å². The quantitative estimate of drug-likeness (QED) is 0.702. The fraction of sp³-hybridized carbons (Fsp3) is 0.467. The molecule has 4 N–H and O–H groups in total. The summed E-state index contributed by atoms with van der Waals surface area (Å²) in [4.78, 5) is 22.8. The summed E-state index contributed by atoms with van der Waals surface area (Å²) in [6, 6.07) is 8.80. The number of carboxylic acids is 1. The van der Waals surface area contributed by atoms with Gasteiger partial charge in [-0.2, -0.15) is 0 Å². The fourth-order valence-electron chi connectivity index (χ4n) is 2.31. The molecular weight excluding hydrogens is 256 g/mol. The molecule has 0 spiro atoms. The Morgan fingerprint density at radius 1 is 1.25 bits per heavy atom. The Labute approximate surface area is 118 Å². The van der Waals surface area contributed by atoms with Gasteiger partial charge >= 0.3 is 5.97 Å². The average molecular weight is 276 g/mol. The van der Waals surface area contributed by atoms with Gasteiger partial charge in [0.15, 0.2) is 0 Å². The van der Waals surface area contributed by atoms with Crippen LogP contribution in [0.2, 0.25) is 0 Å². The number of carboxylic acid groups (broad SMARTS) is 1. The smallest absolute Gasteiger partial charge is 0.305 e. The second kappa shape index (κ2) is 6.52. The molecule has 5 nitrogen and oxygen atoms in total. The molecule has 1 aliphatic carbocycles. The third-order valence-corrected chi connectivity index (χ3v) is 3.56. The predicted octanol–water partition coefficient (Wildman–Crippen LogP) is 1.45. The molecule has 0 saturated heterocycles. The van der Waals surface area contributed by atoms with Crippen LogP contribution in [0, 0.1) is 5.92 Å². The Morgan fingerprint density at radius 2 is 1.90 bits per heavy atom. The molecular formula is C15H20N2O3. The van der Waals surface area contributed by atoms with Crippen molar-refractivity contribution >= 4 is 11.9 Å². The summed E-state index contributed by atoms with van der Waals surface area (Å²) in [6.45, 7) is 0. The van der Waals surface area contributed by atoms with Crippen molar-refractivity contribution in [3.63, 3.8) is 0 Å². The Kier molecular flexibility index (Phi) is 4.74. The number of hydrogen-bond donors (Lipinski definition) is 3. The molecule has 0 aromatic heterocycles. The summed E-state index contributed by atoms with van der Waals surface area (Å²) in [5, 5.41) is 11.7. The maximum atomic E-state index is 12.0. The van der Waals surface area contributed by atoms with Crippen molar-refractivity contribution in [2.24, 2.45) is 11.7 Å². The highest BCUT2D eigenvalue weighted by molar-refractivity contribution is 5.78. The van der Waals surface area contributed by atoms with Crippen LogP contribution in [0.5, 0.6) is 0 Å². The van der Waals surface area contributed by atoms with E-state index in [-0.39, 0.29) is 30.8 Å². The van der Waals surface area contributed by atoms with Crippen molar-refractivity contribution in [2.45, 2.75) is 37.8 Å². The lowest BCUT2D eigenvalue weighted by molar-refractivity contribution is -0.137. The number of carbonyl (C=O) groups is 2. The van der Waals surface area contributed by atoms with Crippen LogP contribution < -0.4 is 11.1 Å².